The molecule has 0 saturated carbocycles. The summed E-state index contributed by atoms with van der Waals surface area (Å²) < 4.78 is 13.0. The number of carbonyl (C=O) groups is 3. The Hall–Kier alpha value is -4.52. The average Bonchev–Trinajstić information content (AvgIpc) is 3.13. The Morgan fingerprint density at radius 3 is 2.22 bits per heavy atom. The van der Waals surface area contributed by atoms with Gasteiger partial charge >= 0.3 is 0 Å². The lowest BCUT2D eigenvalue weighted by molar-refractivity contribution is -0.245. The van der Waals surface area contributed by atoms with Gasteiger partial charge in [-0.05, 0) is 64.6 Å². The van der Waals surface area contributed by atoms with Crippen molar-refractivity contribution in [3.63, 3.8) is 0 Å². The average molecular weight is 684 g/mol. The van der Waals surface area contributed by atoms with Gasteiger partial charge in [0, 0.05) is 54.6 Å². The molecule has 5 N–H and O–H groups in total. The maximum atomic E-state index is 12.2. The van der Waals surface area contributed by atoms with Crippen molar-refractivity contribution < 1.29 is 34.2 Å². The van der Waals surface area contributed by atoms with Gasteiger partial charge in [-0.3, -0.25) is 19.6 Å². The number of anilines is 1. The van der Waals surface area contributed by atoms with Crippen LogP contribution in [0.5, 0.6) is 0 Å². The first-order valence-corrected chi connectivity index (χ1v) is 17.2. The second-order valence-corrected chi connectivity index (χ2v) is 12.9. The van der Waals surface area contributed by atoms with Crippen molar-refractivity contribution in [1.29, 1.82) is 0 Å². The van der Waals surface area contributed by atoms with Crippen LogP contribution in [0.4, 0.5) is 5.69 Å². The third kappa shape index (κ3) is 10.7. The van der Waals surface area contributed by atoms with E-state index in [4.69, 9.17) is 14.7 Å². The summed E-state index contributed by atoms with van der Waals surface area (Å²) in [5.74, 6) is -0.0657. The summed E-state index contributed by atoms with van der Waals surface area (Å²) in [6.45, 7) is 1.83. The van der Waals surface area contributed by atoms with Gasteiger partial charge in [0.25, 0.3) is 0 Å². The molecule has 4 aromatic carbocycles. The van der Waals surface area contributed by atoms with Crippen LogP contribution < -0.4 is 16.1 Å². The third-order valence-electron chi connectivity index (χ3n) is 8.09. The molecule has 4 aromatic rings. The molecule has 1 aliphatic rings. The maximum absolute atomic E-state index is 12.2. The summed E-state index contributed by atoms with van der Waals surface area (Å²) in [7, 11) is 0. The van der Waals surface area contributed by atoms with Gasteiger partial charge in [-0.15, -0.1) is 11.8 Å². The van der Waals surface area contributed by atoms with Crippen molar-refractivity contribution >= 4 is 35.2 Å². The standard InChI is InChI=1S/C38H41N3O7S/c1-25(43)40-32-16-18-34(19-17-32)49-24-33-21-35(29-10-8-26(23-42)9-11-29)48-38(47-33)30-14-12-28(13-15-30)31-5-2-4-27(20-31)22-39-36(44)6-3-7-37(45)41-46/h2,4-5,8-20,33,35,38,42,46H,3,6-7,21-24H2,1H3,(H,39,44)(H,40,43)(H,41,45)/t33-,35+,38+/m0/s1. The lowest BCUT2D eigenvalue weighted by atomic mass is 9.99. The lowest BCUT2D eigenvalue weighted by Crippen LogP contribution is -2.31. The highest BCUT2D eigenvalue weighted by atomic mass is 32.2. The molecule has 5 rings (SSSR count). The van der Waals surface area contributed by atoms with E-state index >= 15 is 0 Å². The van der Waals surface area contributed by atoms with Crippen LogP contribution in [-0.4, -0.2) is 39.9 Å². The molecule has 1 fully saturated rings. The molecule has 3 amide bonds. The largest absolute Gasteiger partial charge is 0.392 e. The first kappa shape index (κ1) is 35.8. The molecule has 0 radical (unpaired) electrons. The number of benzene rings is 4. The quantitative estimate of drug-likeness (QED) is 0.0581. The van der Waals surface area contributed by atoms with Gasteiger partial charge < -0.3 is 25.2 Å². The molecule has 1 saturated heterocycles. The number of thioether (sulfide) groups is 1. The first-order valence-electron chi connectivity index (χ1n) is 16.2. The van der Waals surface area contributed by atoms with Crippen LogP contribution in [0.3, 0.4) is 0 Å². The van der Waals surface area contributed by atoms with E-state index in [1.807, 2.05) is 97.1 Å². The Kier molecular flexibility index (Phi) is 13.0. The van der Waals surface area contributed by atoms with Crippen LogP contribution in [0, 0.1) is 0 Å². The number of amides is 3. The Labute approximate surface area is 290 Å². The summed E-state index contributed by atoms with van der Waals surface area (Å²) in [6, 6.07) is 31.6. The van der Waals surface area contributed by atoms with Gasteiger partial charge in [-0.2, -0.15) is 0 Å². The van der Waals surface area contributed by atoms with Gasteiger partial charge in [-0.25, -0.2) is 5.48 Å². The van der Waals surface area contributed by atoms with E-state index in [2.05, 4.69) is 10.6 Å². The van der Waals surface area contributed by atoms with E-state index in [1.165, 1.54) is 6.92 Å². The van der Waals surface area contributed by atoms with Crippen molar-refractivity contribution in [2.24, 2.45) is 0 Å². The second-order valence-electron chi connectivity index (χ2n) is 11.9. The molecule has 1 heterocycles. The van der Waals surface area contributed by atoms with Crippen LogP contribution in [0.2, 0.25) is 0 Å². The van der Waals surface area contributed by atoms with Crippen molar-refractivity contribution in [1.82, 2.24) is 10.8 Å². The summed E-state index contributed by atoms with van der Waals surface area (Å²) in [5, 5.41) is 23.8. The van der Waals surface area contributed by atoms with E-state index in [1.54, 1.807) is 17.2 Å². The van der Waals surface area contributed by atoms with Crippen LogP contribution >= 0.6 is 11.8 Å². The minimum Gasteiger partial charge on any atom is -0.392 e. The second kappa shape index (κ2) is 17.8. The molecule has 3 atom stereocenters. The number of rotatable bonds is 14. The van der Waals surface area contributed by atoms with E-state index in [9.17, 15) is 19.5 Å². The maximum Gasteiger partial charge on any atom is 0.243 e. The highest BCUT2D eigenvalue weighted by Crippen LogP contribution is 2.40. The predicted molar refractivity (Wildman–Crippen MR) is 187 cm³/mol. The molecular formula is C38H41N3O7S. The summed E-state index contributed by atoms with van der Waals surface area (Å²) in [6.07, 6.45) is 0.429. The highest BCUT2D eigenvalue weighted by Gasteiger charge is 2.32. The SMILES string of the molecule is CC(=O)Nc1ccc(SC[C@@H]2C[C@H](c3ccc(CO)cc3)O[C@H](c3ccc(-c4cccc(CNC(=O)CCCC(=O)NO)c4)cc3)O2)cc1. The Morgan fingerprint density at radius 2 is 1.53 bits per heavy atom. The lowest BCUT2D eigenvalue weighted by Gasteiger charge is -2.36. The minimum atomic E-state index is -0.580. The Balaban J connectivity index is 1.24. The highest BCUT2D eigenvalue weighted by molar-refractivity contribution is 7.99. The molecule has 0 bridgehead atoms. The summed E-state index contributed by atoms with van der Waals surface area (Å²) in [4.78, 5) is 35.8. The zero-order valence-electron chi connectivity index (χ0n) is 27.3. The van der Waals surface area contributed by atoms with Crippen molar-refractivity contribution in [3.05, 3.63) is 119 Å². The molecule has 1 aliphatic heterocycles. The molecule has 0 spiro atoms. The molecule has 11 heteroatoms. The number of aliphatic hydroxyl groups is 1. The van der Waals surface area contributed by atoms with Gasteiger partial charge in [0.1, 0.15) is 0 Å². The Bertz CT molecular complexity index is 1700. The zero-order valence-corrected chi connectivity index (χ0v) is 28.1. The molecule has 256 valence electrons. The molecular weight excluding hydrogens is 642 g/mol. The fraction of sp³-hybridized carbons (Fsp3) is 0.289. The molecule has 0 aliphatic carbocycles. The van der Waals surface area contributed by atoms with Crippen molar-refractivity contribution in [2.75, 3.05) is 11.1 Å². The van der Waals surface area contributed by atoms with Crippen molar-refractivity contribution in [3.8, 4) is 11.1 Å². The number of carbonyl (C=O) groups excluding carboxylic acids is 3. The smallest absolute Gasteiger partial charge is 0.243 e. The van der Waals surface area contributed by atoms with Crippen LogP contribution in [0.25, 0.3) is 11.1 Å². The molecule has 0 unspecified atom stereocenters. The van der Waals surface area contributed by atoms with Gasteiger partial charge in [0.2, 0.25) is 17.7 Å². The molecule has 0 aromatic heterocycles. The number of aliphatic hydroxyl groups excluding tert-OH is 1. The number of hydrogen-bond donors (Lipinski definition) is 5. The van der Waals surface area contributed by atoms with Crippen LogP contribution in [0.1, 0.15) is 67.3 Å². The van der Waals surface area contributed by atoms with Crippen LogP contribution in [-0.2, 0) is 37.0 Å². The fourth-order valence-electron chi connectivity index (χ4n) is 5.50. The third-order valence-corrected chi connectivity index (χ3v) is 9.23. The van der Waals surface area contributed by atoms with E-state index in [-0.39, 0.29) is 43.5 Å². The number of hydroxylamine groups is 1. The predicted octanol–water partition coefficient (Wildman–Crippen LogP) is 6.43. The normalized spacial score (nSPS) is 17.2. The van der Waals surface area contributed by atoms with Gasteiger partial charge in [-0.1, -0.05) is 66.7 Å². The first-order chi connectivity index (χ1) is 23.8. The summed E-state index contributed by atoms with van der Waals surface area (Å²) >= 11 is 1.69. The fourth-order valence-corrected chi connectivity index (χ4v) is 6.42. The summed E-state index contributed by atoms with van der Waals surface area (Å²) in [5.41, 5.74) is 8.05. The molecule has 49 heavy (non-hydrogen) atoms. The van der Waals surface area contributed by atoms with E-state index < -0.39 is 12.2 Å². The van der Waals surface area contributed by atoms with Gasteiger partial charge in [0.05, 0.1) is 18.8 Å². The number of ether oxygens (including phenoxy) is 2. The Morgan fingerprint density at radius 1 is 0.816 bits per heavy atom. The minimum absolute atomic E-state index is 0.0190. The van der Waals surface area contributed by atoms with E-state index in [0.717, 1.165) is 44.0 Å². The molecule has 10 nitrogen and oxygen atoms in total. The van der Waals surface area contributed by atoms with E-state index in [0.29, 0.717) is 25.1 Å². The monoisotopic (exact) mass is 683 g/mol. The van der Waals surface area contributed by atoms with Gasteiger partial charge in [0.15, 0.2) is 6.29 Å². The van der Waals surface area contributed by atoms with Crippen molar-refractivity contribution in [2.45, 2.75) is 69.2 Å². The zero-order chi connectivity index (χ0) is 34.6. The number of nitrogens with one attached hydrogen (secondary N) is 3. The topological polar surface area (TPSA) is 146 Å². The van der Waals surface area contributed by atoms with Crippen LogP contribution in [0.15, 0.2) is 102 Å². The number of hydrogen-bond acceptors (Lipinski definition) is 8.